The molecular weight excluding hydrogens is 336 g/mol. The number of phenolic OH excluding ortho intramolecular Hbond substituents is 1. The topological polar surface area (TPSA) is 46.5 Å². The number of benzene rings is 1. The molecule has 0 bridgehead atoms. The molecule has 1 aromatic carbocycles. The minimum absolute atomic E-state index is 0.138. The molecule has 1 saturated carbocycles. The maximum Gasteiger partial charge on any atom is 0.293 e. The standard InChI is InChI=1S/C24H38O3/c1-23(2,3)14-8-5-4-6-11-21-13-12-20(18-22(21)26)10-7-9-15-24(16-17-24)27-19-25/h12-13,18-19,26H,4-11,14-17H2,1-3H3. The highest BCUT2D eigenvalue weighted by atomic mass is 16.5. The molecule has 0 atom stereocenters. The van der Waals surface area contributed by atoms with Crippen molar-refractivity contribution >= 4 is 6.47 Å². The molecule has 1 N–H and O–H groups in total. The Kier molecular flexibility index (Phi) is 8.19. The van der Waals surface area contributed by atoms with Gasteiger partial charge in [-0.2, -0.15) is 0 Å². The fourth-order valence-electron chi connectivity index (χ4n) is 3.75. The van der Waals surface area contributed by atoms with Gasteiger partial charge in [-0.1, -0.05) is 52.2 Å². The van der Waals surface area contributed by atoms with Gasteiger partial charge < -0.3 is 9.84 Å². The van der Waals surface area contributed by atoms with E-state index in [1.165, 1.54) is 31.2 Å². The molecule has 1 aliphatic carbocycles. The van der Waals surface area contributed by atoms with Crippen LogP contribution < -0.4 is 0 Å². The Hall–Kier alpha value is -1.51. The van der Waals surface area contributed by atoms with Crippen LogP contribution in [0.4, 0.5) is 0 Å². The summed E-state index contributed by atoms with van der Waals surface area (Å²) in [5, 5.41) is 10.3. The Morgan fingerprint density at radius 1 is 1.04 bits per heavy atom. The quantitative estimate of drug-likeness (QED) is 0.323. The first-order chi connectivity index (χ1) is 12.8. The Morgan fingerprint density at radius 2 is 1.74 bits per heavy atom. The zero-order valence-electron chi connectivity index (χ0n) is 17.6. The van der Waals surface area contributed by atoms with E-state index in [1.54, 1.807) is 0 Å². The van der Waals surface area contributed by atoms with E-state index in [0.29, 0.717) is 17.6 Å². The molecule has 152 valence electrons. The number of unbranched alkanes of at least 4 members (excludes halogenated alkanes) is 4. The Bertz CT molecular complexity index is 582. The van der Waals surface area contributed by atoms with E-state index in [4.69, 9.17) is 4.74 Å². The van der Waals surface area contributed by atoms with Crippen LogP contribution in [0.2, 0.25) is 0 Å². The molecule has 0 radical (unpaired) electrons. The predicted molar refractivity (Wildman–Crippen MR) is 111 cm³/mol. The maximum atomic E-state index is 10.5. The molecule has 3 heteroatoms. The van der Waals surface area contributed by atoms with Crippen molar-refractivity contribution in [2.24, 2.45) is 5.41 Å². The second-order valence-electron chi connectivity index (χ2n) is 9.54. The van der Waals surface area contributed by atoms with Crippen LogP contribution in [0.15, 0.2) is 18.2 Å². The van der Waals surface area contributed by atoms with Gasteiger partial charge in [-0.3, -0.25) is 4.79 Å². The van der Waals surface area contributed by atoms with Crippen molar-refractivity contribution in [2.45, 2.75) is 103 Å². The lowest BCUT2D eigenvalue weighted by atomic mass is 9.89. The summed E-state index contributed by atoms with van der Waals surface area (Å²) in [7, 11) is 0. The molecule has 2 rings (SSSR count). The number of hydrogen-bond donors (Lipinski definition) is 1. The minimum Gasteiger partial charge on any atom is -0.508 e. The van der Waals surface area contributed by atoms with Gasteiger partial charge >= 0.3 is 0 Å². The van der Waals surface area contributed by atoms with Crippen molar-refractivity contribution in [3.8, 4) is 5.75 Å². The summed E-state index contributed by atoms with van der Waals surface area (Å²) in [5.74, 6) is 0.449. The van der Waals surface area contributed by atoms with E-state index < -0.39 is 0 Å². The zero-order chi connectivity index (χ0) is 19.8. The monoisotopic (exact) mass is 374 g/mol. The first kappa shape index (κ1) is 21.8. The largest absolute Gasteiger partial charge is 0.508 e. The molecule has 0 spiro atoms. The number of rotatable bonds is 13. The second kappa shape index (κ2) is 10.1. The van der Waals surface area contributed by atoms with E-state index in [2.05, 4.69) is 32.9 Å². The van der Waals surface area contributed by atoms with Crippen molar-refractivity contribution in [3.05, 3.63) is 29.3 Å². The number of carbonyl (C=O) groups is 1. The Labute approximate surface area is 165 Å². The van der Waals surface area contributed by atoms with Crippen LogP contribution >= 0.6 is 0 Å². The molecule has 0 aliphatic heterocycles. The van der Waals surface area contributed by atoms with Gasteiger partial charge in [0.15, 0.2) is 0 Å². The Morgan fingerprint density at radius 3 is 2.37 bits per heavy atom. The molecule has 3 nitrogen and oxygen atoms in total. The van der Waals surface area contributed by atoms with Gasteiger partial charge in [-0.05, 0) is 80.4 Å². The second-order valence-corrected chi connectivity index (χ2v) is 9.54. The third kappa shape index (κ3) is 8.36. The van der Waals surface area contributed by atoms with Crippen LogP contribution in [-0.2, 0) is 22.4 Å². The van der Waals surface area contributed by atoms with E-state index in [9.17, 15) is 9.90 Å². The predicted octanol–water partition coefficient (Wildman–Crippen LogP) is 6.35. The molecule has 0 aromatic heterocycles. The van der Waals surface area contributed by atoms with Crippen molar-refractivity contribution in [2.75, 3.05) is 0 Å². The molecule has 0 heterocycles. The van der Waals surface area contributed by atoms with E-state index in [-0.39, 0.29) is 5.60 Å². The van der Waals surface area contributed by atoms with E-state index in [1.807, 2.05) is 6.07 Å². The van der Waals surface area contributed by atoms with Gasteiger partial charge in [0.2, 0.25) is 0 Å². The van der Waals surface area contributed by atoms with Gasteiger partial charge in [0.25, 0.3) is 6.47 Å². The zero-order valence-corrected chi connectivity index (χ0v) is 17.6. The molecular formula is C24H38O3. The van der Waals surface area contributed by atoms with Crippen LogP contribution in [0.3, 0.4) is 0 Å². The highest BCUT2D eigenvalue weighted by Crippen LogP contribution is 2.43. The van der Waals surface area contributed by atoms with Gasteiger partial charge in [0, 0.05) is 0 Å². The fourth-order valence-corrected chi connectivity index (χ4v) is 3.75. The van der Waals surface area contributed by atoms with Crippen LogP contribution in [-0.4, -0.2) is 17.2 Å². The smallest absolute Gasteiger partial charge is 0.293 e. The number of ether oxygens (including phenoxy) is 1. The number of hydrogen-bond acceptors (Lipinski definition) is 3. The number of aromatic hydroxyl groups is 1. The molecule has 0 amide bonds. The molecule has 1 aliphatic rings. The summed E-state index contributed by atoms with van der Waals surface area (Å²) in [5.41, 5.74) is 2.57. The SMILES string of the molecule is CC(C)(C)CCCCCCc1ccc(CCCCC2(OC=O)CC2)cc1O. The summed E-state index contributed by atoms with van der Waals surface area (Å²) in [6, 6.07) is 6.19. The molecule has 0 saturated heterocycles. The fraction of sp³-hybridized carbons (Fsp3) is 0.708. The third-order valence-electron chi connectivity index (χ3n) is 5.73. The lowest BCUT2D eigenvalue weighted by molar-refractivity contribution is -0.135. The van der Waals surface area contributed by atoms with Gasteiger partial charge in [0.05, 0.1) is 0 Å². The number of aryl methyl sites for hydroxylation is 2. The van der Waals surface area contributed by atoms with E-state index in [0.717, 1.165) is 56.9 Å². The molecule has 1 fully saturated rings. The molecule has 0 unspecified atom stereocenters. The van der Waals surface area contributed by atoms with Gasteiger partial charge in [-0.25, -0.2) is 0 Å². The summed E-state index contributed by atoms with van der Waals surface area (Å²) < 4.78 is 5.19. The van der Waals surface area contributed by atoms with Crippen LogP contribution in [0, 0.1) is 5.41 Å². The van der Waals surface area contributed by atoms with Gasteiger partial charge in [-0.15, -0.1) is 0 Å². The number of carbonyl (C=O) groups excluding carboxylic acids is 1. The van der Waals surface area contributed by atoms with Crippen molar-refractivity contribution in [3.63, 3.8) is 0 Å². The summed E-state index contributed by atoms with van der Waals surface area (Å²) in [6.45, 7) is 7.50. The summed E-state index contributed by atoms with van der Waals surface area (Å²) in [6.07, 6.45) is 13.3. The number of phenols is 1. The first-order valence-electron chi connectivity index (χ1n) is 10.8. The van der Waals surface area contributed by atoms with Crippen molar-refractivity contribution < 1.29 is 14.6 Å². The third-order valence-corrected chi connectivity index (χ3v) is 5.73. The van der Waals surface area contributed by atoms with E-state index >= 15 is 0 Å². The van der Waals surface area contributed by atoms with Crippen LogP contribution in [0.1, 0.15) is 96.1 Å². The summed E-state index contributed by atoms with van der Waals surface area (Å²) >= 11 is 0. The first-order valence-corrected chi connectivity index (χ1v) is 10.8. The summed E-state index contributed by atoms with van der Waals surface area (Å²) in [4.78, 5) is 10.5. The van der Waals surface area contributed by atoms with Crippen molar-refractivity contribution in [1.82, 2.24) is 0 Å². The highest BCUT2D eigenvalue weighted by Gasteiger charge is 2.44. The maximum absolute atomic E-state index is 10.5. The van der Waals surface area contributed by atoms with Gasteiger partial charge in [0.1, 0.15) is 11.4 Å². The molecule has 1 aromatic rings. The highest BCUT2D eigenvalue weighted by molar-refractivity contribution is 5.39. The Balaban J connectivity index is 1.62. The minimum atomic E-state index is -0.138. The average molecular weight is 375 g/mol. The lowest BCUT2D eigenvalue weighted by Crippen LogP contribution is -2.12. The van der Waals surface area contributed by atoms with Crippen LogP contribution in [0.5, 0.6) is 5.75 Å². The molecule has 27 heavy (non-hydrogen) atoms. The van der Waals surface area contributed by atoms with Crippen molar-refractivity contribution in [1.29, 1.82) is 0 Å². The van der Waals surface area contributed by atoms with Crippen LogP contribution in [0.25, 0.3) is 0 Å². The average Bonchev–Trinajstić information content (AvgIpc) is 3.35. The normalized spacial score (nSPS) is 15.5. The lowest BCUT2D eigenvalue weighted by Gasteiger charge is -2.17.